The summed E-state index contributed by atoms with van der Waals surface area (Å²) in [7, 11) is 4.15. The van der Waals surface area contributed by atoms with Crippen molar-refractivity contribution in [1.82, 2.24) is 87.7 Å². The van der Waals surface area contributed by atoms with E-state index in [9.17, 15) is 0 Å². The van der Waals surface area contributed by atoms with E-state index in [4.69, 9.17) is 60.0 Å². The molecule has 0 unspecified atom stereocenters. The standard InChI is InChI=1S/C36H31N4.C34H29N6.C26H27N4.C20H18N4S2.Pd.3Pt/c1-35(2)27-15-11-13-25(21-27)32-24-40(30-19-9-6-10-20-30)34(38-32)36(3,4)28-16-12-14-26(22-28)31-23-39(33(35)37-31)29-17-7-5-8-18-29;1-33(2)25-15-11-13-23(21-25)30-36-32(40(38-30)28-19-9-6-10-20-28)34(3,4)26-16-12-14-24(22-26)29-35-31(33)39(37-29)27-17-7-5-8-18-27;1-25(2)19-11-7-9-17(13-19)22-16-30(6)24(28-22)26(3,4)20-12-8-10-18(14-20)21-15-29(5)23(25)27-21;1-19(2)13-7-5-11(21-13)18-24-16(10-26-18)20(3,4)14-8-6-12(22-14)17-23-15(19)9-25-17;;;;/h5-21,23-24H,1-4H3;5-21H,1-4H3;7-13,15-16H,1-6H3;5-10H,1-4H3;;;;/q3*-1;-2;+2;;;. The number of nitrogens with zero attached hydrogens (tertiary/aromatic N) is 18. The Bertz CT molecular complexity index is 7100. The van der Waals surface area contributed by atoms with Gasteiger partial charge in [0.25, 0.3) is 0 Å². The van der Waals surface area contributed by atoms with Gasteiger partial charge in [0.1, 0.15) is 45.0 Å². The molecule has 0 radical (unpaired) electrons. The van der Waals surface area contributed by atoms with Crippen LogP contribution in [0.3, 0.4) is 0 Å². The molecule has 140 heavy (non-hydrogen) atoms. The molecule has 14 heterocycles. The number of thiazole rings is 2. The normalized spacial score (nSPS) is 15.2. The predicted molar refractivity (Wildman–Crippen MR) is 544 cm³/mol. The van der Waals surface area contributed by atoms with E-state index in [1.807, 2.05) is 64.0 Å². The van der Waals surface area contributed by atoms with Crippen LogP contribution in [0.1, 0.15) is 202 Å². The first kappa shape index (κ1) is 99.4. The Kier molecular flexibility index (Phi) is 27.0. The Labute approximate surface area is 883 Å². The molecule has 0 aliphatic carbocycles. The summed E-state index contributed by atoms with van der Waals surface area (Å²) in [4.78, 5) is 50.7. The average molecular weight is 2510 g/mol. The minimum atomic E-state index is -0.511. The van der Waals surface area contributed by atoms with E-state index in [2.05, 4.69) is 415 Å². The zero-order valence-electron chi connectivity index (χ0n) is 81.1. The van der Waals surface area contributed by atoms with Gasteiger partial charge in [0.05, 0.1) is 40.0 Å². The van der Waals surface area contributed by atoms with Gasteiger partial charge in [-0.2, -0.15) is 5.10 Å². The van der Waals surface area contributed by atoms with Gasteiger partial charge in [-0.3, -0.25) is 15.0 Å². The van der Waals surface area contributed by atoms with Crippen molar-refractivity contribution < 1.29 is 83.6 Å². The molecule has 10 aromatic heterocycles. The maximum absolute atomic E-state index is 5.31. The minimum Gasteiger partial charge on any atom is -0.658 e. The Morgan fingerprint density at radius 2 is 0.607 bits per heavy atom. The molecular weight excluding hydrogens is 2400 g/mol. The fourth-order valence-electron chi connectivity index (χ4n) is 19.2. The summed E-state index contributed by atoms with van der Waals surface area (Å²) >= 11 is 3.29. The largest absolute Gasteiger partial charge is 2.00 e. The number of benzene rings is 10. The Hall–Kier alpha value is -12.1. The number of hydrogen-bond donors (Lipinski definition) is 0. The maximum Gasteiger partial charge on any atom is 2.00 e. The summed E-state index contributed by atoms with van der Waals surface area (Å²) in [5.41, 5.74) is 23.7. The zero-order chi connectivity index (χ0) is 94.3. The molecule has 0 atom stereocenters. The van der Waals surface area contributed by atoms with Crippen molar-refractivity contribution in [1.29, 1.82) is 0 Å². The molecule has 714 valence electrons. The molecule has 0 saturated heterocycles. The number of aromatic nitrogens is 18. The summed E-state index contributed by atoms with van der Waals surface area (Å²) in [5, 5.41) is 16.3. The second-order valence-corrected chi connectivity index (χ2v) is 41.8. The molecule has 10 aromatic carbocycles. The molecule has 18 nitrogen and oxygen atoms in total. The van der Waals surface area contributed by atoms with Crippen LogP contribution in [0.15, 0.2) is 309 Å². The smallest absolute Gasteiger partial charge is 0.658 e. The quantitative estimate of drug-likeness (QED) is 0.120. The van der Waals surface area contributed by atoms with Crippen molar-refractivity contribution in [3.63, 3.8) is 0 Å². The van der Waals surface area contributed by atoms with Gasteiger partial charge in [0.2, 0.25) is 0 Å². The van der Waals surface area contributed by atoms with Crippen LogP contribution in [0.25, 0.3) is 112 Å². The number of rotatable bonds is 4. The maximum atomic E-state index is 5.31. The predicted octanol–water partition coefficient (Wildman–Crippen LogP) is 25.2. The van der Waals surface area contributed by atoms with Crippen LogP contribution in [0.5, 0.6) is 0 Å². The molecule has 32 bridgehead atoms. The first-order valence-corrected chi connectivity index (χ1v) is 48.0. The molecule has 4 aliphatic heterocycles. The van der Waals surface area contributed by atoms with Gasteiger partial charge in [-0.05, 0) is 137 Å². The van der Waals surface area contributed by atoms with Crippen LogP contribution >= 0.6 is 22.7 Å². The Morgan fingerprint density at radius 1 is 0.279 bits per heavy atom. The molecule has 0 fully saturated rings. The fraction of sp³-hybridized carbons (Fsp3) is 0.224. The molecule has 0 saturated carbocycles. The van der Waals surface area contributed by atoms with Crippen LogP contribution < -0.4 is 9.97 Å². The number of imidazole rings is 4. The van der Waals surface area contributed by atoms with E-state index < -0.39 is 16.2 Å². The zero-order valence-corrected chi connectivity index (χ0v) is 91.1. The molecule has 0 N–H and O–H groups in total. The van der Waals surface area contributed by atoms with E-state index in [-0.39, 0.29) is 111 Å². The summed E-state index contributed by atoms with van der Waals surface area (Å²) in [6, 6.07) is 106. The van der Waals surface area contributed by atoms with Crippen LogP contribution in [0.4, 0.5) is 0 Å². The van der Waals surface area contributed by atoms with Crippen molar-refractivity contribution in [2.45, 2.75) is 154 Å². The van der Waals surface area contributed by atoms with Gasteiger partial charge in [-0.25, -0.2) is 34.3 Å². The van der Waals surface area contributed by atoms with Gasteiger partial charge >= 0.3 is 20.4 Å². The first-order valence-electron chi connectivity index (χ1n) is 46.3. The van der Waals surface area contributed by atoms with Crippen LogP contribution in [0.2, 0.25) is 0 Å². The molecular formula is C116H105N18PdPt3S2-3. The van der Waals surface area contributed by atoms with Crippen LogP contribution in [-0.2, 0) is 141 Å². The summed E-state index contributed by atoms with van der Waals surface area (Å²) in [6.45, 7) is 35.3. The molecule has 24 rings (SSSR count). The second kappa shape index (κ2) is 38.0. The van der Waals surface area contributed by atoms with E-state index >= 15 is 0 Å². The van der Waals surface area contributed by atoms with Crippen molar-refractivity contribution in [2.75, 3.05) is 0 Å². The van der Waals surface area contributed by atoms with Crippen molar-refractivity contribution in [3.05, 3.63) is 418 Å². The van der Waals surface area contributed by atoms with Gasteiger partial charge < -0.3 is 28.2 Å². The second-order valence-electron chi connectivity index (χ2n) is 40.1. The van der Waals surface area contributed by atoms with Gasteiger partial charge in [-0.15, -0.1) is 145 Å². The van der Waals surface area contributed by atoms with E-state index in [1.165, 1.54) is 11.1 Å². The third-order valence-corrected chi connectivity index (χ3v) is 29.6. The topological polar surface area (TPSA) is 187 Å². The van der Waals surface area contributed by atoms with Gasteiger partial charge in [0, 0.05) is 183 Å². The number of para-hydroxylation sites is 4. The average Bonchev–Trinajstić information content (AvgIpc) is 1.61. The van der Waals surface area contributed by atoms with E-state index in [0.29, 0.717) is 11.6 Å². The monoisotopic (exact) mass is 2500 g/mol. The van der Waals surface area contributed by atoms with E-state index in [0.717, 1.165) is 180 Å². The number of hydrogen-bond acceptors (Lipinski definition) is 12. The van der Waals surface area contributed by atoms with Gasteiger partial charge in [0.15, 0.2) is 5.82 Å². The Balaban J connectivity index is 0.000000129. The SMILES string of the molecule is CC1(C)c2[c-]c(ccc2)-c2cn(-c3ccccc3)c(n2)C(C)(C)c2cccc(c2)-c2cn(-c3ccccc3)c1n2.CC1(C)c2[c-]c(ccc2)-c2nc(n(-c3ccccc3)n2)C(C)(C)c2cccc(c2)-c2nc1n(-c1ccccc1)n2.CC1(C)c2csc(n2)-c2ccc([n-]2)C(C)(C)c2csc(n2)-c2ccc1[n-]2.Cn1cc2nc1C(C)(C)c1[c-]c(ccc1)-c1cn(C)c(n1)C(C)(C)c1cccc-2c1.[Pd+2].[Pt].[Pt].[Pt]. The summed E-state index contributed by atoms with van der Waals surface area (Å²) in [5.74, 6) is 7.03. The molecule has 0 amide bonds. The minimum absolute atomic E-state index is 0. The molecule has 24 heteroatoms. The van der Waals surface area contributed by atoms with Crippen LogP contribution in [-0.4, -0.2) is 77.7 Å². The Morgan fingerprint density at radius 3 is 1.09 bits per heavy atom. The number of aryl methyl sites for hydroxylation is 2. The molecule has 4 aliphatic rings. The molecule has 20 aromatic rings. The number of fused-ring (bicyclic) bond motifs is 40. The van der Waals surface area contributed by atoms with Crippen LogP contribution in [0, 0.1) is 18.2 Å². The van der Waals surface area contributed by atoms with E-state index in [1.54, 1.807) is 22.7 Å². The third-order valence-electron chi connectivity index (χ3n) is 27.9. The van der Waals surface area contributed by atoms with Crippen molar-refractivity contribution >= 4 is 22.7 Å². The molecule has 0 spiro atoms. The fourth-order valence-corrected chi connectivity index (χ4v) is 21.1. The van der Waals surface area contributed by atoms with Gasteiger partial charge in [-0.1, -0.05) is 232 Å². The third kappa shape index (κ3) is 17.8. The van der Waals surface area contributed by atoms with Crippen molar-refractivity contribution in [2.24, 2.45) is 14.1 Å². The van der Waals surface area contributed by atoms with Crippen molar-refractivity contribution in [3.8, 4) is 112 Å². The first-order chi connectivity index (χ1) is 65.2. The summed E-state index contributed by atoms with van der Waals surface area (Å²) in [6.07, 6.45) is 8.57. The summed E-state index contributed by atoms with van der Waals surface area (Å²) < 4.78 is 12.7.